The Morgan fingerprint density at radius 1 is 1.09 bits per heavy atom. The number of hydrogen-bond acceptors (Lipinski definition) is 11. The average molecular weight is 665 g/mol. The van der Waals surface area contributed by atoms with Crippen LogP contribution in [0.3, 0.4) is 0 Å². The maximum Gasteiger partial charge on any atom is 0.573 e. The molecule has 5 rings (SSSR count). The number of sulfonamides is 1. The van der Waals surface area contributed by atoms with Crippen molar-refractivity contribution in [3.63, 3.8) is 0 Å². The number of hydrogen-bond donors (Lipinski definition) is 3. The molecule has 0 atom stereocenters. The predicted octanol–water partition coefficient (Wildman–Crippen LogP) is 2.40. The van der Waals surface area contributed by atoms with Crippen molar-refractivity contribution in [2.45, 2.75) is 31.3 Å². The number of nitrogens with one attached hydrogen (secondary N) is 2. The third kappa shape index (κ3) is 6.91. The number of likely N-dealkylation sites (N-methyl/N-ethyl adjacent to an activating group) is 1. The summed E-state index contributed by atoms with van der Waals surface area (Å²) in [5, 5.41) is 16.3. The second-order valence-electron chi connectivity index (χ2n) is 10.2. The van der Waals surface area contributed by atoms with Gasteiger partial charge in [-0.2, -0.15) is 26.7 Å². The van der Waals surface area contributed by atoms with Gasteiger partial charge in [-0.15, -0.1) is 13.2 Å². The van der Waals surface area contributed by atoms with Crippen molar-refractivity contribution in [2.24, 2.45) is 0 Å². The maximum atomic E-state index is 13.2. The van der Waals surface area contributed by atoms with Gasteiger partial charge in [0.1, 0.15) is 0 Å². The van der Waals surface area contributed by atoms with E-state index in [-0.39, 0.29) is 48.0 Å². The van der Waals surface area contributed by atoms with Gasteiger partial charge >= 0.3 is 21.9 Å². The third-order valence-corrected chi connectivity index (χ3v) is 8.21. The largest absolute Gasteiger partial charge is 0.573 e. The molecule has 244 valence electrons. The Balaban J connectivity index is 1.52. The number of aromatic nitrogens is 4. The highest BCUT2D eigenvalue weighted by atomic mass is 32.2. The predicted molar refractivity (Wildman–Crippen MR) is 146 cm³/mol. The Morgan fingerprint density at radius 3 is 2.44 bits per heavy atom. The topological polar surface area (TPSA) is 155 Å². The number of aliphatic hydroxyl groups is 1. The monoisotopic (exact) mass is 664 g/mol. The number of halogens is 6. The summed E-state index contributed by atoms with van der Waals surface area (Å²) >= 11 is 0. The zero-order chi connectivity index (χ0) is 32.7. The highest BCUT2D eigenvalue weighted by Crippen LogP contribution is 2.38. The molecule has 3 N–H and O–H groups in total. The second kappa shape index (κ2) is 12.0. The number of amides is 1. The van der Waals surface area contributed by atoms with Crippen LogP contribution in [0.2, 0.25) is 0 Å². The zero-order valence-corrected chi connectivity index (χ0v) is 24.2. The fourth-order valence-electron chi connectivity index (χ4n) is 4.99. The molecule has 3 heterocycles. The lowest BCUT2D eigenvalue weighted by atomic mass is 9.93. The van der Waals surface area contributed by atoms with Crippen LogP contribution in [0.1, 0.15) is 21.6 Å². The van der Waals surface area contributed by atoms with Gasteiger partial charge in [0, 0.05) is 43.6 Å². The van der Waals surface area contributed by atoms with Crippen molar-refractivity contribution < 1.29 is 49.4 Å². The average Bonchev–Trinajstić information content (AvgIpc) is 3.32. The summed E-state index contributed by atoms with van der Waals surface area (Å²) in [5.41, 5.74) is -5.08. The van der Waals surface area contributed by atoms with Crippen LogP contribution in [0.25, 0.3) is 11.4 Å². The van der Waals surface area contributed by atoms with Crippen molar-refractivity contribution in [1.82, 2.24) is 29.4 Å². The quantitative estimate of drug-likeness (QED) is 0.304. The van der Waals surface area contributed by atoms with Crippen molar-refractivity contribution in [3.05, 3.63) is 41.2 Å². The Labute approximate surface area is 251 Å². The van der Waals surface area contributed by atoms with E-state index in [1.165, 1.54) is 18.3 Å². The molecule has 0 bridgehead atoms. The van der Waals surface area contributed by atoms with Crippen LogP contribution in [0.5, 0.6) is 5.75 Å². The van der Waals surface area contributed by atoms with E-state index in [0.29, 0.717) is 24.3 Å². The SMILES string of the molecule is CN1CCN(c2ccc(OC(F)(F)F)c(Nc3ncc4c(n3)-c3c(c(C(=O)NS(=O)(=O)C(F)(F)F)nn3CCO)CC4)c2)CC1. The molecule has 0 radical (unpaired) electrons. The lowest BCUT2D eigenvalue weighted by Crippen LogP contribution is -2.44. The van der Waals surface area contributed by atoms with E-state index in [9.17, 15) is 44.7 Å². The lowest BCUT2D eigenvalue weighted by molar-refractivity contribution is -0.274. The molecule has 1 saturated heterocycles. The molecule has 20 heteroatoms. The number of nitrogens with zero attached hydrogens (tertiary/aromatic N) is 6. The summed E-state index contributed by atoms with van der Waals surface area (Å²) in [6.45, 7) is 1.97. The van der Waals surface area contributed by atoms with E-state index in [2.05, 4.69) is 30.0 Å². The molecule has 1 amide bonds. The summed E-state index contributed by atoms with van der Waals surface area (Å²) < 4.78 is 108. The summed E-state index contributed by atoms with van der Waals surface area (Å²) in [6.07, 6.45) is -3.42. The Morgan fingerprint density at radius 2 is 1.80 bits per heavy atom. The first-order valence-electron chi connectivity index (χ1n) is 13.4. The number of carbonyl (C=O) groups is 1. The normalized spacial score (nSPS) is 15.8. The first-order valence-corrected chi connectivity index (χ1v) is 14.8. The van der Waals surface area contributed by atoms with Crippen molar-refractivity contribution >= 4 is 33.3 Å². The second-order valence-corrected chi connectivity index (χ2v) is 11.9. The van der Waals surface area contributed by atoms with E-state index in [1.54, 1.807) is 0 Å². The van der Waals surface area contributed by atoms with E-state index < -0.39 is 45.9 Å². The number of benzene rings is 1. The molecule has 2 aliphatic rings. The molecule has 0 spiro atoms. The Bertz CT molecular complexity index is 1700. The first-order chi connectivity index (χ1) is 21.1. The van der Waals surface area contributed by atoms with E-state index >= 15 is 0 Å². The lowest BCUT2D eigenvalue weighted by Gasteiger charge is -2.34. The van der Waals surface area contributed by atoms with E-state index in [4.69, 9.17) is 0 Å². The minimum Gasteiger partial charge on any atom is -0.404 e. The van der Waals surface area contributed by atoms with Gasteiger partial charge in [-0.05, 0) is 43.7 Å². The van der Waals surface area contributed by atoms with Crippen LogP contribution in [-0.2, 0) is 29.4 Å². The van der Waals surface area contributed by atoms with Crippen molar-refractivity contribution in [1.29, 1.82) is 0 Å². The molecule has 2 aromatic heterocycles. The Kier molecular flexibility index (Phi) is 8.57. The van der Waals surface area contributed by atoms with E-state index in [0.717, 1.165) is 28.6 Å². The summed E-state index contributed by atoms with van der Waals surface area (Å²) in [6, 6.07) is 4.12. The molecular weight excluding hydrogens is 638 g/mol. The summed E-state index contributed by atoms with van der Waals surface area (Å²) in [4.78, 5) is 25.4. The van der Waals surface area contributed by atoms with Gasteiger partial charge in [-0.3, -0.25) is 9.48 Å². The van der Waals surface area contributed by atoms with Gasteiger partial charge in [0.25, 0.3) is 5.91 Å². The van der Waals surface area contributed by atoms with Crippen LogP contribution in [0, 0.1) is 0 Å². The van der Waals surface area contributed by atoms with Crippen LogP contribution in [0.15, 0.2) is 24.4 Å². The molecular formula is C25H26F6N8O5S. The summed E-state index contributed by atoms with van der Waals surface area (Å²) in [7, 11) is -4.09. The molecule has 45 heavy (non-hydrogen) atoms. The maximum absolute atomic E-state index is 13.2. The molecule has 0 unspecified atom stereocenters. The van der Waals surface area contributed by atoms with Gasteiger partial charge in [-0.1, -0.05) is 0 Å². The minimum absolute atomic E-state index is 0.0371. The minimum atomic E-state index is -6.04. The van der Waals surface area contributed by atoms with Crippen molar-refractivity contribution in [2.75, 3.05) is 50.1 Å². The highest BCUT2D eigenvalue weighted by Gasteiger charge is 2.47. The molecule has 0 saturated carbocycles. The number of aliphatic hydroxyl groups excluding tert-OH is 1. The number of rotatable bonds is 8. The number of anilines is 3. The van der Waals surface area contributed by atoms with Crippen LogP contribution >= 0.6 is 0 Å². The fraction of sp³-hybridized carbons (Fsp3) is 0.440. The molecule has 3 aromatic rings. The van der Waals surface area contributed by atoms with Crippen LogP contribution in [-0.4, -0.2) is 95.8 Å². The molecule has 1 aliphatic carbocycles. The number of alkyl halides is 6. The summed E-state index contributed by atoms with van der Waals surface area (Å²) in [5.74, 6) is -2.38. The number of piperazine rings is 1. The number of ether oxygens (including phenoxy) is 1. The van der Waals surface area contributed by atoms with Gasteiger partial charge in [0.15, 0.2) is 11.4 Å². The number of carbonyl (C=O) groups excluding carboxylic acids is 1. The first kappa shape index (κ1) is 32.2. The van der Waals surface area contributed by atoms with E-state index in [1.807, 2.05) is 11.9 Å². The molecule has 1 aromatic carbocycles. The smallest absolute Gasteiger partial charge is 0.404 e. The van der Waals surface area contributed by atoms with Gasteiger partial charge < -0.3 is 25.0 Å². The zero-order valence-electron chi connectivity index (χ0n) is 23.4. The Hall–Kier alpha value is -4.17. The standard InChI is InChI=1S/C25H26F6N8O5S/c1-37-6-8-38(9-7-37)15-3-5-18(44-24(26,27)28)17(12-15)33-23-32-13-14-2-4-16-20(22(41)36-45(42,43)25(29,30)31)35-39(10-11-40)21(16)19(14)34-23/h3,5,12-13,40H,2,4,6-11H2,1H3,(H,36,41)(H,32,33,34). The van der Waals surface area contributed by atoms with Gasteiger partial charge in [-0.25, -0.2) is 14.7 Å². The van der Waals surface area contributed by atoms with Crippen LogP contribution < -0.4 is 19.7 Å². The van der Waals surface area contributed by atoms with Gasteiger partial charge in [0.2, 0.25) is 5.95 Å². The molecule has 1 fully saturated rings. The van der Waals surface area contributed by atoms with Crippen molar-refractivity contribution in [3.8, 4) is 17.1 Å². The molecule has 1 aliphatic heterocycles. The number of fused-ring (bicyclic) bond motifs is 3. The van der Waals surface area contributed by atoms with Crippen LogP contribution in [0.4, 0.5) is 43.7 Å². The van der Waals surface area contributed by atoms with Gasteiger partial charge in [0.05, 0.1) is 30.2 Å². The fourth-order valence-corrected chi connectivity index (χ4v) is 5.45. The third-order valence-electron chi connectivity index (χ3n) is 7.15. The highest BCUT2D eigenvalue weighted by molar-refractivity contribution is 7.90. The number of aryl methyl sites for hydroxylation is 1. The molecule has 13 nitrogen and oxygen atoms in total.